The van der Waals surface area contributed by atoms with Crippen LogP contribution in [0.3, 0.4) is 0 Å². The van der Waals surface area contributed by atoms with Crippen LogP contribution in [0.25, 0.3) is 11.1 Å². The monoisotopic (exact) mass is 417 g/mol. The predicted molar refractivity (Wildman–Crippen MR) is 115 cm³/mol. The van der Waals surface area contributed by atoms with Gasteiger partial charge in [0.1, 0.15) is 6.61 Å². The first kappa shape index (κ1) is 20.8. The van der Waals surface area contributed by atoms with Crippen LogP contribution in [0.15, 0.2) is 78.9 Å². The smallest absolute Gasteiger partial charge is 0.351 e. The molecular formula is C25H23NO5. The number of aliphatic carboxylic acids is 1. The Labute approximate surface area is 179 Å². The van der Waals surface area contributed by atoms with Crippen molar-refractivity contribution in [3.8, 4) is 11.1 Å². The summed E-state index contributed by atoms with van der Waals surface area (Å²) in [5, 5.41) is 20.4. The van der Waals surface area contributed by atoms with Crippen LogP contribution < -0.4 is 5.73 Å². The van der Waals surface area contributed by atoms with E-state index in [2.05, 4.69) is 0 Å². The second kappa shape index (κ2) is 8.34. The van der Waals surface area contributed by atoms with Crippen LogP contribution in [0.4, 0.5) is 0 Å². The predicted octanol–water partition coefficient (Wildman–Crippen LogP) is 2.73. The van der Waals surface area contributed by atoms with Crippen LogP contribution in [0.2, 0.25) is 0 Å². The molecule has 2 atom stereocenters. The summed E-state index contributed by atoms with van der Waals surface area (Å²) in [4.78, 5) is 24.6. The number of aliphatic hydroxyl groups is 1. The van der Waals surface area contributed by atoms with Crippen molar-refractivity contribution in [1.29, 1.82) is 0 Å². The molecule has 4 N–H and O–H groups in total. The molecule has 6 nitrogen and oxygen atoms in total. The first-order valence-corrected chi connectivity index (χ1v) is 10.0. The topological polar surface area (TPSA) is 110 Å². The molecule has 0 aromatic heterocycles. The van der Waals surface area contributed by atoms with Crippen LogP contribution in [-0.4, -0.2) is 40.4 Å². The molecule has 0 bridgehead atoms. The number of carboxylic acid groups (broad SMARTS) is 1. The summed E-state index contributed by atoms with van der Waals surface area (Å²) in [7, 11) is 0. The van der Waals surface area contributed by atoms with E-state index in [0.29, 0.717) is 5.56 Å². The van der Waals surface area contributed by atoms with Crippen molar-refractivity contribution >= 4 is 11.9 Å². The lowest BCUT2D eigenvalue weighted by Crippen LogP contribution is -2.61. The largest absolute Gasteiger partial charge is 0.479 e. The van der Waals surface area contributed by atoms with Gasteiger partial charge in [-0.15, -0.1) is 0 Å². The van der Waals surface area contributed by atoms with Crippen LogP contribution in [-0.2, 0) is 20.7 Å². The maximum Gasteiger partial charge on any atom is 0.351 e. The van der Waals surface area contributed by atoms with Gasteiger partial charge in [-0.2, -0.15) is 0 Å². The van der Waals surface area contributed by atoms with Gasteiger partial charge in [-0.25, -0.2) is 9.59 Å². The average molecular weight is 417 g/mol. The summed E-state index contributed by atoms with van der Waals surface area (Å²) < 4.78 is 5.38. The fourth-order valence-corrected chi connectivity index (χ4v) is 4.12. The third-order valence-corrected chi connectivity index (χ3v) is 5.82. The molecule has 1 aliphatic rings. The van der Waals surface area contributed by atoms with E-state index < -0.39 is 23.6 Å². The Morgan fingerprint density at radius 1 is 0.903 bits per heavy atom. The van der Waals surface area contributed by atoms with Gasteiger partial charge in [0, 0.05) is 5.92 Å². The minimum atomic E-state index is -2.85. The number of fused-ring (bicyclic) bond motifs is 3. The molecule has 0 amide bonds. The van der Waals surface area contributed by atoms with Gasteiger partial charge in [0.05, 0.1) is 6.04 Å². The van der Waals surface area contributed by atoms with E-state index >= 15 is 0 Å². The Hall–Kier alpha value is -3.48. The molecule has 0 fully saturated rings. The Kier molecular flexibility index (Phi) is 5.59. The molecular weight excluding hydrogens is 394 g/mol. The molecule has 0 radical (unpaired) electrons. The Morgan fingerprint density at radius 3 is 1.97 bits per heavy atom. The molecule has 3 aromatic carbocycles. The Bertz CT molecular complexity index is 1070. The Balaban J connectivity index is 1.54. The SMILES string of the molecule is N[C@H](Cc1ccccc1)[C@@](O)(C(=O)O)C(=O)OCC1c2ccccc2-c2ccccc21. The molecule has 3 aromatic rings. The number of hydrogen-bond acceptors (Lipinski definition) is 5. The van der Waals surface area contributed by atoms with Gasteiger partial charge in [0.2, 0.25) is 0 Å². The highest BCUT2D eigenvalue weighted by molar-refractivity contribution is 6.03. The van der Waals surface area contributed by atoms with Crippen molar-refractivity contribution in [3.63, 3.8) is 0 Å². The molecule has 0 unspecified atom stereocenters. The molecule has 0 heterocycles. The normalized spacial score (nSPS) is 15.4. The standard InChI is InChI=1S/C25H23NO5/c26-22(14-16-8-2-1-3-9-16)25(30,23(27)28)24(29)31-15-21-19-12-6-4-10-17(19)18-11-5-7-13-20(18)21/h1-13,21-22,30H,14-15,26H2,(H,27,28)/t22-,25-/m1/s1. The first-order chi connectivity index (χ1) is 14.9. The average Bonchev–Trinajstić information content (AvgIpc) is 3.11. The van der Waals surface area contributed by atoms with E-state index in [1.54, 1.807) is 24.3 Å². The number of carboxylic acids is 1. The first-order valence-electron chi connectivity index (χ1n) is 10.0. The van der Waals surface area contributed by atoms with Gasteiger partial charge in [0.15, 0.2) is 0 Å². The number of nitrogens with two attached hydrogens (primary N) is 1. The summed E-state index contributed by atoms with van der Waals surface area (Å²) in [6.45, 7) is -0.0967. The van der Waals surface area contributed by atoms with Gasteiger partial charge < -0.3 is 20.7 Å². The molecule has 0 saturated carbocycles. The lowest BCUT2D eigenvalue weighted by molar-refractivity contribution is -0.182. The highest BCUT2D eigenvalue weighted by Gasteiger charge is 2.51. The van der Waals surface area contributed by atoms with Crippen LogP contribution in [0, 0.1) is 0 Å². The van der Waals surface area contributed by atoms with Gasteiger partial charge in [-0.3, -0.25) is 0 Å². The van der Waals surface area contributed by atoms with Crippen molar-refractivity contribution < 1.29 is 24.5 Å². The number of rotatable bonds is 7. The van der Waals surface area contributed by atoms with Gasteiger partial charge in [-0.1, -0.05) is 78.9 Å². The minimum Gasteiger partial charge on any atom is -0.479 e. The quantitative estimate of drug-likeness (QED) is 0.403. The number of benzene rings is 3. The summed E-state index contributed by atoms with van der Waals surface area (Å²) in [6, 6.07) is 23.1. The second-order valence-electron chi connectivity index (χ2n) is 7.69. The highest BCUT2D eigenvalue weighted by atomic mass is 16.6. The molecule has 31 heavy (non-hydrogen) atoms. The third-order valence-electron chi connectivity index (χ3n) is 5.82. The van der Waals surface area contributed by atoms with E-state index in [0.717, 1.165) is 22.3 Å². The zero-order chi connectivity index (χ0) is 22.0. The third kappa shape index (κ3) is 3.71. The second-order valence-corrected chi connectivity index (χ2v) is 7.69. The van der Waals surface area contributed by atoms with Crippen molar-refractivity contribution in [1.82, 2.24) is 0 Å². The van der Waals surface area contributed by atoms with Crippen molar-refractivity contribution in [2.24, 2.45) is 5.73 Å². The zero-order valence-electron chi connectivity index (χ0n) is 16.8. The fraction of sp³-hybridized carbons (Fsp3) is 0.200. The summed E-state index contributed by atoms with van der Waals surface area (Å²) in [5.41, 5.74) is 7.93. The molecule has 6 heteroatoms. The molecule has 1 aliphatic carbocycles. The molecule has 0 spiro atoms. The number of carbonyl (C=O) groups excluding carboxylic acids is 1. The fourth-order valence-electron chi connectivity index (χ4n) is 4.12. The van der Waals surface area contributed by atoms with Crippen molar-refractivity contribution in [2.75, 3.05) is 6.61 Å². The zero-order valence-corrected chi connectivity index (χ0v) is 16.8. The van der Waals surface area contributed by atoms with Gasteiger partial charge >= 0.3 is 11.9 Å². The van der Waals surface area contributed by atoms with E-state index in [9.17, 15) is 19.8 Å². The number of hydrogen-bond donors (Lipinski definition) is 3. The number of esters is 1. The van der Waals surface area contributed by atoms with Crippen molar-refractivity contribution in [2.45, 2.75) is 24.0 Å². The number of carbonyl (C=O) groups is 2. The molecule has 0 saturated heterocycles. The lowest BCUT2D eigenvalue weighted by Gasteiger charge is -2.28. The van der Waals surface area contributed by atoms with E-state index in [1.165, 1.54) is 0 Å². The summed E-state index contributed by atoms with van der Waals surface area (Å²) in [6.07, 6.45) is 0.00777. The van der Waals surface area contributed by atoms with Crippen LogP contribution >= 0.6 is 0 Å². The highest BCUT2D eigenvalue weighted by Crippen LogP contribution is 2.44. The van der Waals surface area contributed by atoms with Gasteiger partial charge in [0.25, 0.3) is 5.60 Å². The van der Waals surface area contributed by atoms with E-state index in [4.69, 9.17) is 10.5 Å². The van der Waals surface area contributed by atoms with E-state index in [1.807, 2.05) is 54.6 Å². The number of ether oxygens (including phenoxy) is 1. The van der Waals surface area contributed by atoms with Crippen LogP contribution in [0.1, 0.15) is 22.6 Å². The lowest BCUT2D eigenvalue weighted by atomic mass is 9.89. The summed E-state index contributed by atoms with van der Waals surface area (Å²) >= 11 is 0. The maximum absolute atomic E-state index is 12.8. The van der Waals surface area contributed by atoms with Crippen LogP contribution in [0.5, 0.6) is 0 Å². The minimum absolute atomic E-state index is 0.00777. The maximum atomic E-state index is 12.8. The van der Waals surface area contributed by atoms with Crippen molar-refractivity contribution in [3.05, 3.63) is 95.6 Å². The van der Waals surface area contributed by atoms with E-state index in [-0.39, 0.29) is 18.9 Å². The molecule has 4 rings (SSSR count). The molecule has 158 valence electrons. The van der Waals surface area contributed by atoms with Gasteiger partial charge in [-0.05, 0) is 34.2 Å². The summed E-state index contributed by atoms with van der Waals surface area (Å²) in [5.74, 6) is -3.24. The molecule has 0 aliphatic heterocycles. The Morgan fingerprint density at radius 2 is 1.42 bits per heavy atom.